The molecule has 3 rings (SSSR count). The van der Waals surface area contributed by atoms with Crippen molar-refractivity contribution in [3.05, 3.63) is 51.7 Å². The third-order valence-corrected chi connectivity index (χ3v) is 4.42. The number of benzene rings is 1. The van der Waals surface area contributed by atoms with E-state index in [1.54, 1.807) is 7.11 Å². The highest BCUT2D eigenvalue weighted by Gasteiger charge is 2.18. The third kappa shape index (κ3) is 4.11. The minimum absolute atomic E-state index is 0.497. The van der Waals surface area contributed by atoms with Crippen molar-refractivity contribution in [1.82, 2.24) is 10.2 Å². The Hall–Kier alpha value is -2.12. The summed E-state index contributed by atoms with van der Waals surface area (Å²) in [6.07, 6.45) is 0. The van der Waals surface area contributed by atoms with Crippen LogP contribution in [-0.2, 0) is 13.1 Å². The van der Waals surface area contributed by atoms with E-state index in [0.29, 0.717) is 18.3 Å². The molecule has 0 fully saturated rings. The Bertz CT molecular complexity index is 872. The van der Waals surface area contributed by atoms with E-state index in [0.717, 1.165) is 39.4 Å². The summed E-state index contributed by atoms with van der Waals surface area (Å²) in [4.78, 5) is 1.21. The maximum atomic E-state index is 5.81. The number of halogens is 1. The number of aryl methyl sites for hydroxylation is 2. The van der Waals surface area contributed by atoms with Crippen LogP contribution in [0, 0.1) is 13.8 Å². The molecule has 0 amide bonds. The van der Waals surface area contributed by atoms with Gasteiger partial charge in [-0.1, -0.05) is 15.9 Å². The van der Waals surface area contributed by atoms with Gasteiger partial charge in [0, 0.05) is 10.0 Å². The molecular weight excluding hydrogens is 386 g/mol. The van der Waals surface area contributed by atoms with Crippen molar-refractivity contribution in [3.63, 3.8) is 0 Å². The summed E-state index contributed by atoms with van der Waals surface area (Å²) in [5.41, 5.74) is 1.97. The van der Waals surface area contributed by atoms with E-state index in [-0.39, 0.29) is 0 Å². The lowest BCUT2D eigenvalue weighted by molar-refractivity contribution is -0.909. The Kier molecular flexibility index (Phi) is 5.24. The standard InChI is InChI=1S/C18H20BrN3O3/c1-11-7-15(12(2)24-11)18-21-20-17(25-18)10-22(3)9-13-8-14(19)5-6-16(13)23-4/h5-8H,9-10H2,1-4H3/p+1. The molecule has 3 aromatic rings. The lowest BCUT2D eigenvalue weighted by Crippen LogP contribution is -3.06. The Morgan fingerprint density at radius 1 is 1.12 bits per heavy atom. The molecule has 2 heterocycles. The van der Waals surface area contributed by atoms with E-state index in [1.165, 1.54) is 4.90 Å². The van der Waals surface area contributed by atoms with Crippen molar-refractivity contribution in [3.8, 4) is 17.2 Å². The van der Waals surface area contributed by atoms with Crippen LogP contribution in [0.4, 0.5) is 0 Å². The monoisotopic (exact) mass is 406 g/mol. The topological polar surface area (TPSA) is 65.7 Å². The highest BCUT2D eigenvalue weighted by Crippen LogP contribution is 2.25. The zero-order valence-corrected chi connectivity index (χ0v) is 16.3. The fourth-order valence-electron chi connectivity index (χ4n) is 2.81. The van der Waals surface area contributed by atoms with Crippen molar-refractivity contribution in [1.29, 1.82) is 0 Å². The van der Waals surface area contributed by atoms with Crippen molar-refractivity contribution in [2.75, 3.05) is 14.2 Å². The first kappa shape index (κ1) is 17.7. The number of methoxy groups -OCH3 is 1. The van der Waals surface area contributed by atoms with Crippen LogP contribution in [0.3, 0.4) is 0 Å². The summed E-state index contributed by atoms with van der Waals surface area (Å²) in [5.74, 6) is 3.58. The molecule has 1 unspecified atom stereocenters. The van der Waals surface area contributed by atoms with Crippen molar-refractivity contribution in [2.45, 2.75) is 26.9 Å². The van der Waals surface area contributed by atoms with Gasteiger partial charge in [-0.15, -0.1) is 10.2 Å². The maximum Gasteiger partial charge on any atom is 0.271 e. The van der Waals surface area contributed by atoms with Gasteiger partial charge in [-0.2, -0.15) is 0 Å². The molecule has 0 aliphatic carbocycles. The molecule has 1 aromatic carbocycles. The third-order valence-electron chi connectivity index (χ3n) is 3.93. The zero-order chi connectivity index (χ0) is 18.0. The molecule has 0 saturated carbocycles. The molecule has 132 valence electrons. The number of aromatic nitrogens is 2. The summed E-state index contributed by atoms with van der Waals surface area (Å²) >= 11 is 3.51. The number of ether oxygens (including phenoxy) is 1. The van der Waals surface area contributed by atoms with Gasteiger partial charge < -0.3 is 18.5 Å². The lowest BCUT2D eigenvalue weighted by Gasteiger charge is -2.14. The average molecular weight is 407 g/mol. The van der Waals surface area contributed by atoms with E-state index in [2.05, 4.69) is 39.2 Å². The van der Waals surface area contributed by atoms with Crippen LogP contribution < -0.4 is 9.64 Å². The summed E-state index contributed by atoms with van der Waals surface area (Å²) < 4.78 is 17.8. The Morgan fingerprint density at radius 3 is 2.60 bits per heavy atom. The summed E-state index contributed by atoms with van der Waals surface area (Å²) in [7, 11) is 3.76. The van der Waals surface area contributed by atoms with E-state index in [9.17, 15) is 0 Å². The van der Waals surface area contributed by atoms with E-state index in [1.807, 2.05) is 32.0 Å². The number of hydrogen-bond acceptors (Lipinski definition) is 5. The van der Waals surface area contributed by atoms with Gasteiger partial charge in [-0.05, 0) is 38.1 Å². The number of furan rings is 1. The molecule has 25 heavy (non-hydrogen) atoms. The molecule has 0 aliphatic heterocycles. The highest BCUT2D eigenvalue weighted by atomic mass is 79.9. The maximum absolute atomic E-state index is 5.81. The van der Waals surface area contributed by atoms with Gasteiger partial charge in [0.1, 0.15) is 23.8 Å². The van der Waals surface area contributed by atoms with Crippen LogP contribution in [0.2, 0.25) is 0 Å². The molecule has 7 heteroatoms. The Balaban J connectivity index is 1.71. The second-order valence-corrected chi connectivity index (χ2v) is 7.01. The van der Waals surface area contributed by atoms with Crippen LogP contribution in [0.1, 0.15) is 23.0 Å². The fraction of sp³-hybridized carbons (Fsp3) is 0.333. The Morgan fingerprint density at radius 2 is 1.92 bits per heavy atom. The van der Waals surface area contributed by atoms with Gasteiger partial charge >= 0.3 is 0 Å². The van der Waals surface area contributed by atoms with Gasteiger partial charge in [0.2, 0.25) is 0 Å². The molecule has 1 N–H and O–H groups in total. The molecule has 0 bridgehead atoms. The van der Waals surface area contributed by atoms with Crippen LogP contribution in [0.25, 0.3) is 11.5 Å². The van der Waals surface area contributed by atoms with Crippen LogP contribution >= 0.6 is 15.9 Å². The van der Waals surface area contributed by atoms with Crippen molar-refractivity contribution < 1.29 is 18.5 Å². The summed E-state index contributed by atoms with van der Waals surface area (Å²) in [5, 5.41) is 8.31. The lowest BCUT2D eigenvalue weighted by atomic mass is 10.2. The molecule has 2 aromatic heterocycles. The SMILES string of the molecule is COc1ccc(Br)cc1C[NH+](C)Cc1nnc(-c2cc(C)oc2C)o1. The van der Waals surface area contributed by atoms with Gasteiger partial charge in [-0.3, -0.25) is 0 Å². The molecule has 6 nitrogen and oxygen atoms in total. The molecule has 0 aliphatic rings. The number of hydrogen-bond donors (Lipinski definition) is 1. The highest BCUT2D eigenvalue weighted by molar-refractivity contribution is 9.10. The zero-order valence-electron chi connectivity index (χ0n) is 14.7. The summed E-state index contributed by atoms with van der Waals surface area (Å²) in [6, 6.07) is 7.91. The van der Waals surface area contributed by atoms with E-state index in [4.69, 9.17) is 13.6 Å². The van der Waals surface area contributed by atoms with Crippen molar-refractivity contribution in [2.24, 2.45) is 0 Å². The Labute approximate surface area is 154 Å². The minimum Gasteiger partial charge on any atom is -0.496 e. The smallest absolute Gasteiger partial charge is 0.271 e. The second kappa shape index (κ2) is 7.41. The van der Waals surface area contributed by atoms with E-state index >= 15 is 0 Å². The molecule has 0 saturated heterocycles. The largest absolute Gasteiger partial charge is 0.496 e. The molecule has 1 atom stereocenters. The van der Waals surface area contributed by atoms with Crippen molar-refractivity contribution >= 4 is 15.9 Å². The average Bonchev–Trinajstić information content (AvgIpc) is 3.13. The first-order valence-corrected chi connectivity index (χ1v) is 8.79. The van der Waals surface area contributed by atoms with Gasteiger partial charge in [0.15, 0.2) is 6.54 Å². The number of rotatable bonds is 6. The minimum atomic E-state index is 0.497. The van der Waals surface area contributed by atoms with Crippen LogP contribution in [0.5, 0.6) is 5.75 Å². The van der Waals surface area contributed by atoms with E-state index < -0.39 is 0 Å². The quantitative estimate of drug-likeness (QED) is 0.681. The summed E-state index contributed by atoms with van der Waals surface area (Å²) in [6.45, 7) is 5.20. The fourth-order valence-corrected chi connectivity index (χ4v) is 3.22. The number of quaternary nitrogens is 1. The van der Waals surface area contributed by atoms with Crippen LogP contribution in [-0.4, -0.2) is 24.4 Å². The number of nitrogens with one attached hydrogen (secondary N) is 1. The van der Waals surface area contributed by atoms with Crippen LogP contribution in [0.15, 0.2) is 37.6 Å². The van der Waals surface area contributed by atoms with Gasteiger partial charge in [0.05, 0.1) is 19.7 Å². The van der Waals surface area contributed by atoms with Gasteiger partial charge in [0.25, 0.3) is 11.8 Å². The molecular formula is C18H21BrN3O3+. The first-order valence-electron chi connectivity index (χ1n) is 7.99. The predicted molar refractivity (Wildman–Crippen MR) is 96.5 cm³/mol. The molecule has 0 radical (unpaired) electrons. The van der Waals surface area contributed by atoms with Gasteiger partial charge in [-0.25, -0.2) is 0 Å². The number of nitrogens with zero attached hydrogens (tertiary/aromatic N) is 2. The molecule has 0 spiro atoms. The predicted octanol–water partition coefficient (Wildman–Crippen LogP) is 2.93. The normalized spacial score (nSPS) is 12.4. The second-order valence-electron chi connectivity index (χ2n) is 6.09. The first-order chi connectivity index (χ1) is 12.0.